The molecule has 4 atom stereocenters. The van der Waals surface area contributed by atoms with Crippen LogP contribution < -0.4 is 22.1 Å². The van der Waals surface area contributed by atoms with E-state index in [4.69, 9.17) is 11.5 Å². The third kappa shape index (κ3) is 7.35. The minimum Gasteiger partial charge on any atom is -0.508 e. The zero-order chi connectivity index (χ0) is 25.4. The number of nitrogens with two attached hydrogens (primary N) is 2. The fourth-order valence-corrected chi connectivity index (χ4v) is 3.77. The van der Waals surface area contributed by atoms with Crippen LogP contribution >= 0.6 is 12.6 Å². The summed E-state index contributed by atoms with van der Waals surface area (Å²) in [7, 11) is 0. The number of carbonyl (C=O) groups excluding carboxylic acids is 4. The van der Waals surface area contributed by atoms with Crippen LogP contribution in [0.25, 0.3) is 0 Å². The summed E-state index contributed by atoms with van der Waals surface area (Å²) >= 11 is 3.93. The van der Waals surface area contributed by atoms with Gasteiger partial charge < -0.3 is 37.2 Å². The highest BCUT2D eigenvalue weighted by Crippen LogP contribution is 2.20. The van der Waals surface area contributed by atoms with Crippen LogP contribution in [0.15, 0.2) is 24.3 Å². The smallest absolute Gasteiger partial charge is 0.326 e. The number of hydrogen-bond acceptors (Lipinski definition) is 8. The van der Waals surface area contributed by atoms with Crippen molar-refractivity contribution in [3.05, 3.63) is 29.8 Å². The quantitative estimate of drug-likeness (QED) is 0.172. The molecular weight excluding hydrogens is 466 g/mol. The summed E-state index contributed by atoms with van der Waals surface area (Å²) in [5.41, 5.74) is 11.4. The van der Waals surface area contributed by atoms with E-state index in [1.807, 2.05) is 0 Å². The first-order valence-electron chi connectivity index (χ1n) is 10.6. The van der Waals surface area contributed by atoms with Crippen LogP contribution in [0.1, 0.15) is 24.8 Å². The summed E-state index contributed by atoms with van der Waals surface area (Å²) in [5, 5.41) is 23.8. The van der Waals surface area contributed by atoms with Crippen molar-refractivity contribution in [2.24, 2.45) is 11.5 Å². The van der Waals surface area contributed by atoms with Crippen molar-refractivity contribution >= 4 is 42.2 Å². The number of amides is 4. The molecule has 1 aromatic carbocycles. The van der Waals surface area contributed by atoms with Crippen LogP contribution in [0, 0.1) is 0 Å². The first kappa shape index (κ1) is 26.9. The highest BCUT2D eigenvalue weighted by atomic mass is 32.1. The van der Waals surface area contributed by atoms with E-state index in [-0.39, 0.29) is 30.9 Å². The molecule has 0 aromatic heterocycles. The van der Waals surface area contributed by atoms with Gasteiger partial charge in [0.05, 0.1) is 12.5 Å². The Morgan fingerprint density at radius 3 is 2.32 bits per heavy atom. The van der Waals surface area contributed by atoms with Gasteiger partial charge in [0.1, 0.15) is 23.9 Å². The summed E-state index contributed by atoms with van der Waals surface area (Å²) in [6.07, 6.45) is 0.209. The van der Waals surface area contributed by atoms with E-state index in [2.05, 4.69) is 23.3 Å². The van der Waals surface area contributed by atoms with E-state index in [0.717, 1.165) is 0 Å². The molecule has 1 aliphatic heterocycles. The molecule has 34 heavy (non-hydrogen) atoms. The van der Waals surface area contributed by atoms with Crippen LogP contribution in [-0.4, -0.2) is 81.2 Å². The van der Waals surface area contributed by atoms with Gasteiger partial charge in [-0.25, -0.2) is 4.79 Å². The number of likely N-dealkylation sites (tertiary alicyclic amines) is 1. The van der Waals surface area contributed by atoms with Gasteiger partial charge in [0.15, 0.2) is 0 Å². The highest BCUT2D eigenvalue weighted by Gasteiger charge is 2.39. The normalized spacial score (nSPS) is 17.9. The number of phenols is 1. The SMILES string of the molecule is NC(=O)CC(NC(=O)C(N)CS)C(=O)N1CCCC1C(=O)NC(Cc1ccc(O)cc1)C(=O)O. The molecule has 4 unspecified atom stereocenters. The number of phenolic OH excluding ortho intramolecular Hbond substituents is 1. The molecule has 0 spiro atoms. The molecule has 8 N–H and O–H groups in total. The lowest BCUT2D eigenvalue weighted by Crippen LogP contribution is -2.57. The zero-order valence-corrected chi connectivity index (χ0v) is 19.2. The van der Waals surface area contributed by atoms with E-state index in [0.29, 0.717) is 12.0 Å². The molecule has 4 amide bonds. The maximum atomic E-state index is 13.1. The molecule has 1 fully saturated rings. The van der Waals surface area contributed by atoms with Crippen LogP contribution in [0.3, 0.4) is 0 Å². The molecule has 1 aromatic rings. The van der Waals surface area contributed by atoms with Crippen LogP contribution in [0.2, 0.25) is 0 Å². The molecule has 0 saturated carbocycles. The third-order valence-corrected chi connectivity index (χ3v) is 5.78. The Labute approximate surface area is 201 Å². The van der Waals surface area contributed by atoms with E-state index >= 15 is 0 Å². The molecule has 1 aliphatic rings. The number of carboxylic acids is 1. The maximum absolute atomic E-state index is 13.1. The fraction of sp³-hybridized carbons (Fsp3) is 0.476. The van der Waals surface area contributed by atoms with Crippen molar-refractivity contribution in [3.63, 3.8) is 0 Å². The Balaban J connectivity index is 2.13. The number of carboxylic acid groups (broad SMARTS) is 1. The van der Waals surface area contributed by atoms with Crippen LogP contribution in [0.4, 0.5) is 0 Å². The van der Waals surface area contributed by atoms with Gasteiger partial charge in [-0.05, 0) is 30.5 Å². The molecular formula is C21H29N5O7S. The van der Waals surface area contributed by atoms with Crippen molar-refractivity contribution < 1.29 is 34.2 Å². The third-order valence-electron chi connectivity index (χ3n) is 5.38. The van der Waals surface area contributed by atoms with Crippen LogP contribution in [0.5, 0.6) is 5.75 Å². The summed E-state index contributed by atoms with van der Waals surface area (Å²) < 4.78 is 0. The maximum Gasteiger partial charge on any atom is 0.326 e. The lowest BCUT2D eigenvalue weighted by atomic mass is 10.0. The van der Waals surface area contributed by atoms with E-state index in [9.17, 15) is 34.2 Å². The van der Waals surface area contributed by atoms with E-state index < -0.39 is 60.2 Å². The second-order valence-corrected chi connectivity index (χ2v) is 8.35. The van der Waals surface area contributed by atoms with Crippen molar-refractivity contribution in [2.75, 3.05) is 12.3 Å². The molecule has 0 bridgehead atoms. The van der Waals surface area contributed by atoms with E-state index in [1.54, 1.807) is 0 Å². The highest BCUT2D eigenvalue weighted by molar-refractivity contribution is 7.80. The number of thiol groups is 1. The summed E-state index contributed by atoms with van der Waals surface area (Å²) in [6, 6.07) is 1.28. The average molecular weight is 496 g/mol. The molecule has 1 heterocycles. The second kappa shape index (κ2) is 12.2. The van der Waals surface area contributed by atoms with Gasteiger partial charge in [0, 0.05) is 18.7 Å². The molecule has 0 aliphatic carbocycles. The number of nitrogens with one attached hydrogen (secondary N) is 2. The Kier molecular flexibility index (Phi) is 9.69. The molecule has 186 valence electrons. The molecule has 12 nitrogen and oxygen atoms in total. The molecule has 13 heteroatoms. The number of benzene rings is 1. The second-order valence-electron chi connectivity index (χ2n) is 7.98. The molecule has 2 rings (SSSR count). The monoisotopic (exact) mass is 495 g/mol. The number of rotatable bonds is 11. The van der Waals surface area contributed by atoms with Gasteiger partial charge in [-0.15, -0.1) is 0 Å². The summed E-state index contributed by atoms with van der Waals surface area (Å²) in [6.45, 7) is 0.177. The summed E-state index contributed by atoms with van der Waals surface area (Å²) in [5.74, 6) is -4.14. The van der Waals surface area contributed by atoms with Gasteiger partial charge in [-0.3, -0.25) is 19.2 Å². The topological polar surface area (TPSA) is 205 Å². The number of carbonyl (C=O) groups is 5. The minimum atomic E-state index is -1.32. The lowest BCUT2D eigenvalue weighted by Gasteiger charge is -2.29. The Morgan fingerprint density at radius 1 is 1.12 bits per heavy atom. The zero-order valence-electron chi connectivity index (χ0n) is 18.3. The van der Waals surface area contributed by atoms with Gasteiger partial charge in [-0.2, -0.15) is 12.6 Å². The first-order chi connectivity index (χ1) is 16.0. The van der Waals surface area contributed by atoms with Gasteiger partial charge in [0.25, 0.3) is 0 Å². The molecule has 0 radical (unpaired) electrons. The number of hydrogen-bond donors (Lipinski definition) is 7. The van der Waals surface area contributed by atoms with Crippen LogP contribution in [-0.2, 0) is 30.4 Å². The van der Waals surface area contributed by atoms with Crippen molar-refractivity contribution in [1.82, 2.24) is 15.5 Å². The number of nitrogens with zero attached hydrogens (tertiary/aromatic N) is 1. The predicted molar refractivity (Wildman–Crippen MR) is 124 cm³/mol. The van der Waals surface area contributed by atoms with Crippen molar-refractivity contribution in [2.45, 2.75) is 49.9 Å². The van der Waals surface area contributed by atoms with Gasteiger partial charge >= 0.3 is 5.97 Å². The standard InChI is InChI=1S/C21H29N5O7S/c22-13(10-34)18(29)24-14(9-17(23)28)20(31)26-7-1-2-16(26)19(30)25-15(21(32)33)8-11-3-5-12(27)6-4-11/h3-6,13-16,27,34H,1-2,7-10,22H2,(H2,23,28)(H,24,29)(H,25,30)(H,32,33). The first-order valence-corrected chi connectivity index (χ1v) is 11.2. The van der Waals surface area contributed by atoms with E-state index in [1.165, 1.54) is 29.2 Å². The Hall–Kier alpha value is -3.32. The predicted octanol–water partition coefficient (Wildman–Crippen LogP) is -1.89. The van der Waals surface area contributed by atoms with Gasteiger partial charge in [-0.1, -0.05) is 12.1 Å². The number of primary amides is 1. The number of aromatic hydroxyl groups is 1. The average Bonchev–Trinajstić information content (AvgIpc) is 3.28. The lowest BCUT2D eigenvalue weighted by molar-refractivity contribution is -0.145. The Bertz CT molecular complexity index is 927. The Morgan fingerprint density at radius 2 is 1.76 bits per heavy atom. The van der Waals surface area contributed by atoms with Crippen molar-refractivity contribution in [1.29, 1.82) is 0 Å². The van der Waals surface area contributed by atoms with Crippen molar-refractivity contribution in [3.8, 4) is 5.75 Å². The summed E-state index contributed by atoms with van der Waals surface area (Å²) in [4.78, 5) is 62.6. The largest absolute Gasteiger partial charge is 0.508 e. The van der Waals surface area contributed by atoms with Gasteiger partial charge in [0.2, 0.25) is 23.6 Å². The molecule has 1 saturated heterocycles. The fourth-order valence-electron chi connectivity index (χ4n) is 3.60. The number of aliphatic carboxylic acids is 1. The minimum absolute atomic E-state index is 0.00959.